The van der Waals surface area contributed by atoms with Crippen molar-refractivity contribution in [2.75, 3.05) is 0 Å². The van der Waals surface area contributed by atoms with E-state index in [2.05, 4.69) is 4.90 Å². The Balaban J connectivity index is 1.93. The molecule has 0 unspecified atom stereocenters. The van der Waals surface area contributed by atoms with E-state index in [1.165, 1.54) is 12.1 Å². The molecule has 3 rings (SSSR count). The summed E-state index contributed by atoms with van der Waals surface area (Å²) in [6.07, 6.45) is 1.88. The van der Waals surface area contributed by atoms with Crippen molar-refractivity contribution in [1.29, 1.82) is 0 Å². The Bertz CT molecular complexity index is 860. The number of carbonyl (C=O) groups excluding carboxylic acids is 1. The third-order valence-corrected chi connectivity index (χ3v) is 4.97. The van der Waals surface area contributed by atoms with Crippen molar-refractivity contribution in [3.8, 4) is 0 Å². The molecular weight excluding hydrogens is 352 g/mol. The number of rotatable bonds is 4. The standard InChI is InChI=1S/C20H19ClN2O3/c1-13-11-22(12-15-3-9-18(10-4-15)23(25)26)19(14(2)20(13)24)16-5-7-17(21)8-6-16/h3-11,14,19H,12H2,1-2H3/t14-,19-/m0/s1. The van der Waals surface area contributed by atoms with E-state index in [1.807, 2.05) is 44.3 Å². The first kappa shape index (κ1) is 18.1. The van der Waals surface area contributed by atoms with E-state index >= 15 is 0 Å². The Hall–Kier alpha value is -2.66. The molecule has 0 radical (unpaired) electrons. The van der Waals surface area contributed by atoms with Crippen LogP contribution in [0.4, 0.5) is 5.69 Å². The van der Waals surface area contributed by atoms with Gasteiger partial charge in [0.2, 0.25) is 0 Å². The topological polar surface area (TPSA) is 63.4 Å². The lowest BCUT2D eigenvalue weighted by Gasteiger charge is -2.39. The van der Waals surface area contributed by atoms with Crippen molar-refractivity contribution in [2.45, 2.75) is 26.4 Å². The molecule has 0 spiro atoms. The Kier molecular flexibility index (Phi) is 5.09. The summed E-state index contributed by atoms with van der Waals surface area (Å²) in [7, 11) is 0. The maximum absolute atomic E-state index is 12.5. The predicted octanol–water partition coefficient (Wildman–Crippen LogP) is 4.91. The van der Waals surface area contributed by atoms with Crippen molar-refractivity contribution in [3.63, 3.8) is 0 Å². The lowest BCUT2D eigenvalue weighted by atomic mass is 9.84. The van der Waals surface area contributed by atoms with Gasteiger partial charge >= 0.3 is 0 Å². The summed E-state index contributed by atoms with van der Waals surface area (Å²) in [5, 5.41) is 11.5. The molecule has 0 saturated heterocycles. The Morgan fingerprint density at radius 1 is 1.12 bits per heavy atom. The zero-order chi connectivity index (χ0) is 18.8. The average Bonchev–Trinajstić information content (AvgIpc) is 2.62. The van der Waals surface area contributed by atoms with E-state index in [1.54, 1.807) is 12.1 Å². The fourth-order valence-corrected chi connectivity index (χ4v) is 3.53. The third kappa shape index (κ3) is 3.63. The second-order valence-corrected chi connectivity index (χ2v) is 6.99. The summed E-state index contributed by atoms with van der Waals surface area (Å²) in [6.45, 7) is 4.31. The molecular formula is C20H19ClN2O3. The molecule has 1 aliphatic rings. The van der Waals surface area contributed by atoms with Gasteiger partial charge in [-0.15, -0.1) is 0 Å². The van der Waals surface area contributed by atoms with Crippen molar-refractivity contribution in [2.24, 2.45) is 5.92 Å². The van der Waals surface area contributed by atoms with Crippen LogP contribution in [0.15, 0.2) is 60.3 Å². The number of hydrogen-bond acceptors (Lipinski definition) is 4. The van der Waals surface area contributed by atoms with Crippen molar-refractivity contribution < 1.29 is 9.72 Å². The number of allylic oxidation sites excluding steroid dienone is 1. The molecule has 0 fully saturated rings. The van der Waals surface area contributed by atoms with E-state index in [0.717, 1.165) is 11.1 Å². The number of ketones is 1. The van der Waals surface area contributed by atoms with Crippen LogP contribution in [0.5, 0.6) is 0 Å². The largest absolute Gasteiger partial charge is 0.365 e. The Morgan fingerprint density at radius 2 is 1.73 bits per heavy atom. The second kappa shape index (κ2) is 7.30. The number of carbonyl (C=O) groups is 1. The first-order chi connectivity index (χ1) is 12.4. The minimum atomic E-state index is -0.411. The smallest absolute Gasteiger partial charge is 0.269 e. The number of halogens is 1. The molecule has 0 aliphatic carbocycles. The molecule has 0 N–H and O–H groups in total. The highest BCUT2D eigenvalue weighted by Crippen LogP contribution is 2.36. The van der Waals surface area contributed by atoms with E-state index in [0.29, 0.717) is 17.1 Å². The molecule has 26 heavy (non-hydrogen) atoms. The molecule has 0 aromatic heterocycles. The minimum absolute atomic E-state index is 0.0666. The van der Waals surface area contributed by atoms with Crippen LogP contribution in [0.1, 0.15) is 31.0 Å². The Labute approximate surface area is 157 Å². The van der Waals surface area contributed by atoms with E-state index in [-0.39, 0.29) is 23.4 Å². The molecule has 1 aliphatic heterocycles. The van der Waals surface area contributed by atoms with E-state index < -0.39 is 4.92 Å². The van der Waals surface area contributed by atoms with Gasteiger partial charge in [-0.3, -0.25) is 14.9 Å². The number of hydrogen-bond donors (Lipinski definition) is 0. The molecule has 0 amide bonds. The lowest BCUT2D eigenvalue weighted by Crippen LogP contribution is -2.37. The van der Waals surface area contributed by atoms with Crippen LogP contribution in [0, 0.1) is 16.0 Å². The molecule has 0 bridgehead atoms. The third-order valence-electron chi connectivity index (χ3n) is 4.72. The van der Waals surface area contributed by atoms with Crippen LogP contribution in [0.3, 0.4) is 0 Å². The van der Waals surface area contributed by atoms with E-state index in [9.17, 15) is 14.9 Å². The number of nitrogens with zero attached hydrogens (tertiary/aromatic N) is 2. The van der Waals surface area contributed by atoms with Gasteiger partial charge < -0.3 is 4.90 Å². The zero-order valence-corrected chi connectivity index (χ0v) is 15.3. The molecule has 134 valence electrons. The fourth-order valence-electron chi connectivity index (χ4n) is 3.40. The van der Waals surface area contributed by atoms with Crippen LogP contribution in [-0.4, -0.2) is 15.6 Å². The normalized spacial score (nSPS) is 20.0. The molecule has 6 heteroatoms. The number of non-ortho nitro benzene ring substituents is 1. The van der Waals surface area contributed by atoms with Gasteiger partial charge in [-0.2, -0.15) is 0 Å². The number of nitro groups is 1. The quantitative estimate of drug-likeness (QED) is 0.566. The Morgan fingerprint density at radius 3 is 2.31 bits per heavy atom. The monoisotopic (exact) mass is 370 g/mol. The predicted molar refractivity (Wildman–Crippen MR) is 101 cm³/mol. The first-order valence-electron chi connectivity index (χ1n) is 8.34. The van der Waals surface area contributed by atoms with Crippen LogP contribution < -0.4 is 0 Å². The van der Waals surface area contributed by atoms with Gasteiger partial charge in [0, 0.05) is 41.4 Å². The summed E-state index contributed by atoms with van der Waals surface area (Å²) in [5.41, 5.74) is 2.74. The molecule has 2 aromatic carbocycles. The summed E-state index contributed by atoms with van der Waals surface area (Å²) >= 11 is 6.00. The highest BCUT2D eigenvalue weighted by atomic mass is 35.5. The maximum Gasteiger partial charge on any atom is 0.269 e. The van der Waals surface area contributed by atoms with Crippen LogP contribution >= 0.6 is 11.6 Å². The molecule has 0 saturated carbocycles. The number of Topliss-reactive ketones (excluding diaryl/α,β-unsaturated/α-hetero) is 1. The van der Waals surface area contributed by atoms with Gasteiger partial charge in [0.05, 0.1) is 11.0 Å². The minimum Gasteiger partial charge on any atom is -0.365 e. The first-order valence-corrected chi connectivity index (χ1v) is 8.72. The summed E-state index contributed by atoms with van der Waals surface area (Å²) in [5.74, 6) is -0.0656. The molecule has 5 nitrogen and oxygen atoms in total. The lowest BCUT2D eigenvalue weighted by molar-refractivity contribution is -0.384. The summed E-state index contributed by atoms with van der Waals surface area (Å²) in [4.78, 5) is 25.0. The van der Waals surface area contributed by atoms with Crippen molar-refractivity contribution in [3.05, 3.63) is 86.6 Å². The van der Waals surface area contributed by atoms with Gasteiger partial charge in [-0.05, 0) is 30.2 Å². The SMILES string of the molecule is CC1=CN(Cc2ccc([N+](=O)[O-])cc2)[C@H](c2ccc(Cl)cc2)[C@H](C)C1=O. The zero-order valence-electron chi connectivity index (χ0n) is 14.6. The van der Waals surface area contributed by atoms with Gasteiger partial charge in [-0.25, -0.2) is 0 Å². The van der Waals surface area contributed by atoms with Gasteiger partial charge in [0.1, 0.15) is 0 Å². The van der Waals surface area contributed by atoms with Crippen LogP contribution in [0.25, 0.3) is 0 Å². The summed E-state index contributed by atoms with van der Waals surface area (Å²) < 4.78 is 0. The van der Waals surface area contributed by atoms with E-state index in [4.69, 9.17) is 11.6 Å². The van der Waals surface area contributed by atoms with Crippen LogP contribution in [-0.2, 0) is 11.3 Å². The highest BCUT2D eigenvalue weighted by Gasteiger charge is 2.34. The van der Waals surface area contributed by atoms with Crippen molar-refractivity contribution in [1.82, 2.24) is 4.90 Å². The van der Waals surface area contributed by atoms with Gasteiger partial charge in [0.15, 0.2) is 5.78 Å². The number of benzene rings is 2. The molecule has 2 atom stereocenters. The van der Waals surface area contributed by atoms with Gasteiger partial charge in [-0.1, -0.05) is 42.8 Å². The molecule has 2 aromatic rings. The number of nitro benzene ring substituents is 1. The highest BCUT2D eigenvalue weighted by molar-refractivity contribution is 6.30. The maximum atomic E-state index is 12.5. The fraction of sp³-hybridized carbons (Fsp3) is 0.250. The van der Waals surface area contributed by atoms with Crippen molar-refractivity contribution >= 4 is 23.1 Å². The van der Waals surface area contributed by atoms with Crippen LogP contribution in [0.2, 0.25) is 5.02 Å². The summed E-state index contributed by atoms with van der Waals surface area (Å²) in [6, 6.07) is 13.9. The second-order valence-electron chi connectivity index (χ2n) is 6.56. The van der Waals surface area contributed by atoms with Gasteiger partial charge in [0.25, 0.3) is 5.69 Å². The average molecular weight is 371 g/mol. The molecule has 1 heterocycles.